The molecular weight excluding hydrogens is 491 g/mol. The number of nitrogens with zero attached hydrogens (tertiary/aromatic N) is 1. The molecule has 0 radical (unpaired) electrons. The second kappa shape index (κ2) is 10.1. The van der Waals surface area contributed by atoms with Crippen LogP contribution in [0, 0.1) is 0 Å². The molecular formula is C23H24F3NO7S. The van der Waals surface area contributed by atoms with Crippen molar-refractivity contribution >= 4 is 27.4 Å². The van der Waals surface area contributed by atoms with E-state index in [4.69, 9.17) is 9.47 Å². The van der Waals surface area contributed by atoms with Gasteiger partial charge in [0.05, 0.1) is 37.5 Å². The number of sulfone groups is 1. The lowest BCUT2D eigenvalue weighted by Gasteiger charge is -2.29. The molecule has 0 saturated heterocycles. The van der Waals surface area contributed by atoms with E-state index in [0.717, 1.165) is 6.26 Å². The molecule has 3 rings (SSSR count). The van der Waals surface area contributed by atoms with Gasteiger partial charge in [0, 0.05) is 11.9 Å². The van der Waals surface area contributed by atoms with E-state index < -0.39 is 46.3 Å². The van der Waals surface area contributed by atoms with Crippen LogP contribution in [-0.2, 0) is 25.8 Å². The highest BCUT2D eigenvalue weighted by atomic mass is 32.2. The average Bonchev–Trinajstić information content (AvgIpc) is 3.09. The van der Waals surface area contributed by atoms with E-state index in [1.165, 1.54) is 30.2 Å². The summed E-state index contributed by atoms with van der Waals surface area (Å²) in [6.45, 7) is 0.319. The number of benzene rings is 2. The molecule has 190 valence electrons. The van der Waals surface area contributed by atoms with Crippen molar-refractivity contribution < 1.29 is 45.4 Å². The van der Waals surface area contributed by atoms with Gasteiger partial charge in [-0.05, 0) is 42.3 Å². The van der Waals surface area contributed by atoms with Crippen molar-refractivity contribution in [2.24, 2.45) is 0 Å². The zero-order valence-corrected chi connectivity index (χ0v) is 20.0. The van der Waals surface area contributed by atoms with E-state index in [0.29, 0.717) is 29.2 Å². The molecule has 1 heterocycles. The first-order valence-electron chi connectivity index (χ1n) is 10.5. The zero-order chi connectivity index (χ0) is 26.0. The van der Waals surface area contributed by atoms with Crippen LogP contribution in [0.25, 0.3) is 0 Å². The summed E-state index contributed by atoms with van der Waals surface area (Å²) in [6, 6.07) is 7.71. The lowest BCUT2D eigenvalue weighted by Crippen LogP contribution is -2.36. The van der Waals surface area contributed by atoms with Crippen molar-refractivity contribution in [3.63, 3.8) is 0 Å². The number of carbonyl (C=O) groups excluding carboxylic acids is 2. The molecule has 0 aromatic heterocycles. The minimum atomic E-state index is -4.69. The Kier molecular flexibility index (Phi) is 7.63. The molecule has 8 nitrogen and oxygen atoms in total. The lowest BCUT2D eigenvalue weighted by atomic mass is 10.0. The van der Waals surface area contributed by atoms with Crippen LogP contribution in [-0.4, -0.2) is 58.8 Å². The van der Waals surface area contributed by atoms with Crippen LogP contribution in [0.15, 0.2) is 36.4 Å². The standard InChI is InChI=1S/C23H24F3NO7S/c1-4-33-20-10-14(7-8-19(20)32-2)18(12-35(3,30)31)27-17-9-16(6-5-15(17)11-21(27)28)22(29)34-13-23(24,25)26/h5-10,18H,4,11-13H2,1-3H3/t18-/m0/s1. The fourth-order valence-corrected chi connectivity index (χ4v) is 4.71. The number of alkyl halides is 3. The molecule has 1 amide bonds. The van der Waals surface area contributed by atoms with Gasteiger partial charge in [0.1, 0.15) is 9.84 Å². The number of halogens is 3. The molecule has 0 fully saturated rings. The predicted molar refractivity (Wildman–Crippen MR) is 121 cm³/mol. The number of anilines is 1. The number of fused-ring (bicyclic) bond motifs is 1. The van der Waals surface area contributed by atoms with Crippen LogP contribution >= 0.6 is 0 Å². The lowest BCUT2D eigenvalue weighted by molar-refractivity contribution is -0.161. The number of rotatable bonds is 9. The molecule has 2 aromatic carbocycles. The number of ether oxygens (including phenoxy) is 3. The van der Waals surface area contributed by atoms with Gasteiger partial charge in [0.15, 0.2) is 18.1 Å². The van der Waals surface area contributed by atoms with E-state index in [-0.39, 0.29) is 17.7 Å². The second-order valence-electron chi connectivity index (χ2n) is 7.93. The highest BCUT2D eigenvalue weighted by Crippen LogP contribution is 2.40. The van der Waals surface area contributed by atoms with Gasteiger partial charge in [0.25, 0.3) is 0 Å². The fourth-order valence-electron chi connectivity index (χ4n) is 3.79. The summed E-state index contributed by atoms with van der Waals surface area (Å²) >= 11 is 0. The van der Waals surface area contributed by atoms with Crippen molar-refractivity contribution in [1.82, 2.24) is 0 Å². The van der Waals surface area contributed by atoms with Crippen LogP contribution in [0.1, 0.15) is 34.5 Å². The first-order chi connectivity index (χ1) is 16.3. The SMILES string of the molecule is CCOc1cc([C@H](CS(C)(=O)=O)N2C(=O)Cc3ccc(C(=O)OCC(F)(F)F)cc32)ccc1OC. The zero-order valence-electron chi connectivity index (χ0n) is 19.2. The third-order valence-corrected chi connectivity index (χ3v) is 6.12. The summed E-state index contributed by atoms with van der Waals surface area (Å²) in [5, 5.41) is 0. The third kappa shape index (κ3) is 6.44. The van der Waals surface area contributed by atoms with Gasteiger partial charge in [-0.3, -0.25) is 4.79 Å². The Bertz CT molecular complexity index is 1230. The summed E-state index contributed by atoms with van der Waals surface area (Å²) in [4.78, 5) is 26.4. The first-order valence-corrected chi connectivity index (χ1v) is 12.6. The molecule has 0 N–H and O–H groups in total. The maximum absolute atomic E-state index is 13.0. The van der Waals surface area contributed by atoms with Gasteiger partial charge in [-0.25, -0.2) is 13.2 Å². The maximum atomic E-state index is 13.0. The Morgan fingerprint density at radius 2 is 1.86 bits per heavy atom. The van der Waals surface area contributed by atoms with E-state index in [2.05, 4.69) is 4.74 Å². The van der Waals surface area contributed by atoms with Gasteiger partial charge in [0.2, 0.25) is 5.91 Å². The Hall–Kier alpha value is -3.28. The van der Waals surface area contributed by atoms with Gasteiger partial charge in [-0.1, -0.05) is 12.1 Å². The monoisotopic (exact) mass is 515 g/mol. The Balaban J connectivity index is 2.05. The van der Waals surface area contributed by atoms with Crippen molar-refractivity contribution in [3.05, 3.63) is 53.1 Å². The Morgan fingerprint density at radius 1 is 1.14 bits per heavy atom. The van der Waals surface area contributed by atoms with Crippen LogP contribution in [0.3, 0.4) is 0 Å². The Morgan fingerprint density at radius 3 is 2.46 bits per heavy atom. The summed E-state index contributed by atoms with van der Waals surface area (Å²) in [5.74, 6) is -1.33. The van der Waals surface area contributed by atoms with Crippen LogP contribution in [0.4, 0.5) is 18.9 Å². The molecule has 1 aliphatic rings. The molecule has 0 aliphatic carbocycles. The van der Waals surface area contributed by atoms with Crippen LogP contribution in [0.2, 0.25) is 0 Å². The number of hydrogen-bond acceptors (Lipinski definition) is 7. The van der Waals surface area contributed by atoms with Crippen molar-refractivity contribution in [2.75, 3.05) is 37.2 Å². The second-order valence-corrected chi connectivity index (χ2v) is 10.1. The van der Waals surface area contributed by atoms with Crippen LogP contribution < -0.4 is 14.4 Å². The molecule has 1 aliphatic heterocycles. The van der Waals surface area contributed by atoms with Gasteiger partial charge >= 0.3 is 12.1 Å². The summed E-state index contributed by atoms with van der Waals surface area (Å²) in [5.41, 5.74) is 0.958. The predicted octanol–water partition coefficient (Wildman–Crippen LogP) is 3.49. The normalized spacial score (nSPS) is 14.5. The minimum absolute atomic E-state index is 0.0675. The number of carbonyl (C=O) groups is 2. The molecule has 2 aromatic rings. The maximum Gasteiger partial charge on any atom is 0.422 e. The van der Waals surface area contributed by atoms with E-state index in [9.17, 15) is 31.2 Å². The van der Waals surface area contributed by atoms with E-state index in [1.807, 2.05) is 0 Å². The molecule has 35 heavy (non-hydrogen) atoms. The Labute approximate surface area is 200 Å². The molecule has 0 bridgehead atoms. The average molecular weight is 516 g/mol. The fraction of sp³-hybridized carbons (Fsp3) is 0.391. The van der Waals surface area contributed by atoms with Gasteiger partial charge in [-0.15, -0.1) is 0 Å². The molecule has 0 saturated carbocycles. The van der Waals surface area contributed by atoms with Crippen molar-refractivity contribution in [3.8, 4) is 11.5 Å². The molecule has 0 unspecified atom stereocenters. The van der Waals surface area contributed by atoms with Crippen molar-refractivity contribution in [1.29, 1.82) is 0 Å². The molecule has 0 spiro atoms. The largest absolute Gasteiger partial charge is 0.493 e. The van der Waals surface area contributed by atoms with E-state index in [1.54, 1.807) is 25.1 Å². The summed E-state index contributed by atoms with van der Waals surface area (Å²) < 4.78 is 77.1. The van der Waals surface area contributed by atoms with Gasteiger partial charge in [-0.2, -0.15) is 13.2 Å². The third-order valence-electron chi connectivity index (χ3n) is 5.20. The minimum Gasteiger partial charge on any atom is -0.493 e. The van der Waals surface area contributed by atoms with E-state index >= 15 is 0 Å². The van der Waals surface area contributed by atoms with Crippen LogP contribution in [0.5, 0.6) is 11.5 Å². The highest BCUT2D eigenvalue weighted by Gasteiger charge is 2.37. The number of methoxy groups -OCH3 is 1. The quantitative estimate of drug-likeness (QED) is 0.472. The number of amides is 1. The smallest absolute Gasteiger partial charge is 0.422 e. The first kappa shape index (κ1) is 26.3. The highest BCUT2D eigenvalue weighted by molar-refractivity contribution is 7.90. The van der Waals surface area contributed by atoms with Crippen molar-refractivity contribution in [2.45, 2.75) is 25.6 Å². The molecule has 12 heteroatoms. The van der Waals surface area contributed by atoms with Gasteiger partial charge < -0.3 is 19.1 Å². The summed E-state index contributed by atoms with van der Waals surface area (Å²) in [6.07, 6.45) is -3.73. The topological polar surface area (TPSA) is 99.2 Å². The number of esters is 1. The number of hydrogen-bond donors (Lipinski definition) is 0. The summed E-state index contributed by atoms with van der Waals surface area (Å²) in [7, 11) is -2.16. The molecule has 1 atom stereocenters.